The molecule has 0 saturated carbocycles. The van der Waals surface area contributed by atoms with Gasteiger partial charge in [-0.15, -0.1) is 13.2 Å². The predicted octanol–water partition coefficient (Wildman–Crippen LogP) is 1.46. The molecule has 0 fully saturated rings. The number of ether oxygens (including phenoxy) is 3. The Hall–Kier alpha value is -1.70. The smallest absolute Gasteiger partial charge is 0.491 e. The van der Waals surface area contributed by atoms with Crippen LogP contribution in [-0.2, 0) is 6.54 Å². The standard InChI is InChI=1S/C9H11F3N2O3/c1-15-7-3-6(17-9(10,11)12)5(4-13)14-8(7)16-2/h3H,4,13H2,1-2H3. The molecule has 0 bridgehead atoms. The molecule has 0 amide bonds. The van der Waals surface area contributed by atoms with Gasteiger partial charge in [0.05, 0.1) is 14.2 Å². The normalized spacial score (nSPS) is 11.2. The van der Waals surface area contributed by atoms with Gasteiger partial charge in [0.1, 0.15) is 5.69 Å². The number of aromatic nitrogens is 1. The second-order valence-corrected chi connectivity index (χ2v) is 2.90. The molecule has 5 nitrogen and oxygen atoms in total. The molecule has 0 atom stereocenters. The molecule has 8 heteroatoms. The minimum Gasteiger partial charge on any atom is -0.491 e. The molecule has 17 heavy (non-hydrogen) atoms. The van der Waals surface area contributed by atoms with Crippen molar-refractivity contribution in [1.29, 1.82) is 0 Å². The monoisotopic (exact) mass is 252 g/mol. The van der Waals surface area contributed by atoms with Crippen molar-refractivity contribution in [3.63, 3.8) is 0 Å². The van der Waals surface area contributed by atoms with E-state index in [4.69, 9.17) is 15.2 Å². The summed E-state index contributed by atoms with van der Waals surface area (Å²) in [5.41, 5.74) is 5.21. The molecular weight excluding hydrogens is 241 g/mol. The van der Waals surface area contributed by atoms with Crippen molar-refractivity contribution in [3.8, 4) is 17.4 Å². The molecular formula is C9H11F3N2O3. The number of methoxy groups -OCH3 is 2. The van der Waals surface area contributed by atoms with Gasteiger partial charge in [0, 0.05) is 12.6 Å². The van der Waals surface area contributed by atoms with Gasteiger partial charge in [-0.2, -0.15) is 0 Å². The molecule has 0 saturated heterocycles. The number of hydrogen-bond acceptors (Lipinski definition) is 5. The van der Waals surface area contributed by atoms with Crippen molar-refractivity contribution in [2.75, 3.05) is 14.2 Å². The van der Waals surface area contributed by atoms with E-state index in [1.165, 1.54) is 14.2 Å². The Morgan fingerprint density at radius 1 is 1.24 bits per heavy atom. The lowest BCUT2D eigenvalue weighted by atomic mass is 10.3. The fourth-order valence-electron chi connectivity index (χ4n) is 1.15. The summed E-state index contributed by atoms with van der Waals surface area (Å²) in [6, 6.07) is 1.03. The maximum Gasteiger partial charge on any atom is 0.573 e. The van der Waals surface area contributed by atoms with Crippen LogP contribution in [-0.4, -0.2) is 25.6 Å². The van der Waals surface area contributed by atoms with Crippen LogP contribution in [0.25, 0.3) is 0 Å². The zero-order valence-electron chi connectivity index (χ0n) is 9.17. The van der Waals surface area contributed by atoms with Crippen LogP contribution in [0.5, 0.6) is 17.4 Å². The molecule has 2 N–H and O–H groups in total. The van der Waals surface area contributed by atoms with Crippen molar-refractivity contribution in [1.82, 2.24) is 4.98 Å². The van der Waals surface area contributed by atoms with E-state index < -0.39 is 12.1 Å². The number of pyridine rings is 1. The van der Waals surface area contributed by atoms with E-state index in [9.17, 15) is 13.2 Å². The molecule has 1 aromatic heterocycles. The zero-order valence-corrected chi connectivity index (χ0v) is 9.17. The lowest BCUT2D eigenvalue weighted by Crippen LogP contribution is -2.19. The molecule has 0 radical (unpaired) electrons. The third kappa shape index (κ3) is 3.38. The summed E-state index contributed by atoms with van der Waals surface area (Å²) in [5, 5.41) is 0. The highest BCUT2D eigenvalue weighted by Gasteiger charge is 2.33. The SMILES string of the molecule is COc1cc(OC(F)(F)F)c(CN)nc1OC. The van der Waals surface area contributed by atoms with Crippen molar-refractivity contribution in [2.24, 2.45) is 5.73 Å². The number of alkyl halides is 3. The van der Waals surface area contributed by atoms with Gasteiger partial charge in [-0.3, -0.25) is 0 Å². The van der Waals surface area contributed by atoms with Crippen LogP contribution < -0.4 is 19.9 Å². The van der Waals surface area contributed by atoms with Gasteiger partial charge < -0.3 is 19.9 Å². The summed E-state index contributed by atoms with van der Waals surface area (Å²) in [6.07, 6.45) is -4.81. The Morgan fingerprint density at radius 2 is 1.88 bits per heavy atom. The topological polar surface area (TPSA) is 66.6 Å². The molecule has 96 valence electrons. The van der Waals surface area contributed by atoms with Crippen LogP contribution in [0, 0.1) is 0 Å². The summed E-state index contributed by atoms with van der Waals surface area (Å²) >= 11 is 0. The van der Waals surface area contributed by atoms with Crippen molar-refractivity contribution in [3.05, 3.63) is 11.8 Å². The van der Waals surface area contributed by atoms with E-state index in [2.05, 4.69) is 9.72 Å². The van der Waals surface area contributed by atoms with Gasteiger partial charge in [0.2, 0.25) is 0 Å². The van der Waals surface area contributed by atoms with E-state index in [0.717, 1.165) is 6.07 Å². The summed E-state index contributed by atoms with van der Waals surface area (Å²) in [5.74, 6) is -0.427. The number of nitrogens with two attached hydrogens (primary N) is 1. The fraction of sp³-hybridized carbons (Fsp3) is 0.444. The highest BCUT2D eigenvalue weighted by Crippen LogP contribution is 2.34. The average molecular weight is 252 g/mol. The highest BCUT2D eigenvalue weighted by atomic mass is 19.4. The Balaban J connectivity index is 3.19. The first-order chi connectivity index (χ1) is 7.91. The molecule has 0 unspecified atom stereocenters. The molecule has 1 heterocycles. The van der Waals surface area contributed by atoms with E-state index in [1.807, 2.05) is 0 Å². The Bertz CT molecular complexity index is 396. The van der Waals surface area contributed by atoms with Crippen molar-refractivity contribution in [2.45, 2.75) is 12.9 Å². The van der Waals surface area contributed by atoms with Crippen LogP contribution in [0.15, 0.2) is 6.07 Å². The first-order valence-corrected chi connectivity index (χ1v) is 4.49. The van der Waals surface area contributed by atoms with Crippen LogP contribution >= 0.6 is 0 Å². The Kier molecular flexibility index (Phi) is 4.00. The second-order valence-electron chi connectivity index (χ2n) is 2.90. The van der Waals surface area contributed by atoms with Gasteiger partial charge in [-0.1, -0.05) is 0 Å². The average Bonchev–Trinajstić information content (AvgIpc) is 2.26. The second kappa shape index (κ2) is 5.09. The number of rotatable bonds is 4. The number of nitrogens with zero attached hydrogens (tertiary/aromatic N) is 1. The van der Waals surface area contributed by atoms with Crippen LogP contribution in [0.3, 0.4) is 0 Å². The number of hydrogen-bond donors (Lipinski definition) is 1. The molecule has 0 aliphatic rings. The van der Waals surface area contributed by atoms with Gasteiger partial charge in [-0.25, -0.2) is 4.98 Å². The zero-order chi connectivity index (χ0) is 13.1. The minimum atomic E-state index is -4.81. The van der Waals surface area contributed by atoms with E-state index in [1.54, 1.807) is 0 Å². The summed E-state index contributed by atoms with van der Waals surface area (Å²) in [4.78, 5) is 3.77. The summed E-state index contributed by atoms with van der Waals surface area (Å²) < 4.78 is 49.8. The van der Waals surface area contributed by atoms with Gasteiger partial charge in [0.15, 0.2) is 11.5 Å². The summed E-state index contributed by atoms with van der Waals surface area (Å²) in [7, 11) is 2.59. The van der Waals surface area contributed by atoms with E-state index in [0.29, 0.717) is 0 Å². The first-order valence-electron chi connectivity index (χ1n) is 4.49. The molecule has 1 aromatic rings. The third-order valence-corrected chi connectivity index (χ3v) is 1.83. The predicted molar refractivity (Wildman–Crippen MR) is 51.9 cm³/mol. The third-order valence-electron chi connectivity index (χ3n) is 1.83. The maximum absolute atomic E-state index is 12.1. The number of halogens is 3. The van der Waals surface area contributed by atoms with Crippen LogP contribution in [0.4, 0.5) is 13.2 Å². The largest absolute Gasteiger partial charge is 0.573 e. The van der Waals surface area contributed by atoms with Crippen LogP contribution in [0.2, 0.25) is 0 Å². The van der Waals surface area contributed by atoms with Gasteiger partial charge >= 0.3 is 6.36 Å². The van der Waals surface area contributed by atoms with Crippen LogP contribution in [0.1, 0.15) is 5.69 Å². The van der Waals surface area contributed by atoms with Gasteiger partial charge in [0.25, 0.3) is 5.88 Å². The molecule has 0 aliphatic carbocycles. The Labute approximate surface area is 95.3 Å². The van der Waals surface area contributed by atoms with Crippen molar-refractivity contribution < 1.29 is 27.4 Å². The quantitative estimate of drug-likeness (QED) is 0.878. The van der Waals surface area contributed by atoms with E-state index >= 15 is 0 Å². The Morgan fingerprint density at radius 3 is 2.29 bits per heavy atom. The molecule has 0 aliphatic heterocycles. The van der Waals surface area contributed by atoms with E-state index in [-0.39, 0.29) is 23.9 Å². The van der Waals surface area contributed by atoms with Gasteiger partial charge in [-0.05, 0) is 0 Å². The first kappa shape index (κ1) is 13.4. The summed E-state index contributed by atoms with van der Waals surface area (Å²) in [6.45, 7) is -0.217. The molecule has 0 aromatic carbocycles. The fourth-order valence-corrected chi connectivity index (χ4v) is 1.15. The lowest BCUT2D eigenvalue weighted by Gasteiger charge is -2.14. The maximum atomic E-state index is 12.1. The minimum absolute atomic E-state index is 0.0314. The lowest BCUT2D eigenvalue weighted by molar-refractivity contribution is -0.275. The molecule has 0 spiro atoms. The highest BCUT2D eigenvalue weighted by molar-refractivity contribution is 5.43. The van der Waals surface area contributed by atoms with Crippen molar-refractivity contribution >= 4 is 0 Å². The molecule has 1 rings (SSSR count).